The van der Waals surface area contributed by atoms with Crippen molar-refractivity contribution in [1.29, 1.82) is 0 Å². The molecule has 0 bridgehead atoms. The van der Waals surface area contributed by atoms with E-state index >= 15 is 0 Å². The van der Waals surface area contributed by atoms with Crippen LogP contribution in [0, 0.1) is 0 Å². The molecular formula is C20H20N2O5S2. The molecule has 0 saturated heterocycles. The van der Waals surface area contributed by atoms with Gasteiger partial charge in [-0.2, -0.15) is 0 Å². The average Bonchev–Trinajstić information content (AvgIpc) is 3.21. The van der Waals surface area contributed by atoms with Crippen molar-refractivity contribution >= 4 is 38.6 Å². The summed E-state index contributed by atoms with van der Waals surface area (Å²) in [5, 5.41) is 4.61. The van der Waals surface area contributed by atoms with Gasteiger partial charge in [-0.1, -0.05) is 18.2 Å². The van der Waals surface area contributed by atoms with E-state index in [1.54, 1.807) is 24.3 Å². The van der Waals surface area contributed by atoms with Gasteiger partial charge in [0.1, 0.15) is 11.5 Å². The van der Waals surface area contributed by atoms with Crippen LogP contribution in [0.4, 0.5) is 11.4 Å². The highest BCUT2D eigenvalue weighted by molar-refractivity contribution is 7.92. The number of thiophene rings is 1. The van der Waals surface area contributed by atoms with E-state index in [9.17, 15) is 13.2 Å². The lowest BCUT2D eigenvalue weighted by Gasteiger charge is -2.14. The summed E-state index contributed by atoms with van der Waals surface area (Å²) in [5.41, 5.74) is 0.589. The Bertz CT molecular complexity index is 1100. The molecule has 29 heavy (non-hydrogen) atoms. The predicted molar refractivity (Wildman–Crippen MR) is 113 cm³/mol. The second kappa shape index (κ2) is 8.97. The van der Waals surface area contributed by atoms with E-state index in [0.29, 0.717) is 17.2 Å². The van der Waals surface area contributed by atoms with E-state index in [0.717, 1.165) is 4.88 Å². The number of para-hydroxylation sites is 2. The van der Waals surface area contributed by atoms with Crippen molar-refractivity contribution in [1.82, 2.24) is 0 Å². The molecule has 0 aliphatic carbocycles. The number of carbonyl (C=O) groups is 1. The van der Waals surface area contributed by atoms with E-state index < -0.39 is 10.0 Å². The topological polar surface area (TPSA) is 93.7 Å². The van der Waals surface area contributed by atoms with E-state index in [4.69, 9.17) is 9.47 Å². The van der Waals surface area contributed by atoms with Gasteiger partial charge < -0.3 is 14.8 Å². The van der Waals surface area contributed by atoms with Crippen molar-refractivity contribution in [3.63, 3.8) is 0 Å². The third kappa shape index (κ3) is 5.07. The molecule has 2 aromatic carbocycles. The zero-order chi connectivity index (χ0) is 20.9. The number of rotatable bonds is 8. The highest BCUT2D eigenvalue weighted by atomic mass is 32.2. The number of amides is 1. The largest absolute Gasteiger partial charge is 0.495 e. The van der Waals surface area contributed by atoms with Crippen LogP contribution in [0.15, 0.2) is 64.9 Å². The van der Waals surface area contributed by atoms with Gasteiger partial charge in [-0.05, 0) is 41.8 Å². The minimum absolute atomic E-state index is 0.0179. The van der Waals surface area contributed by atoms with Gasteiger partial charge in [-0.3, -0.25) is 9.52 Å². The van der Waals surface area contributed by atoms with Crippen molar-refractivity contribution in [2.45, 2.75) is 11.3 Å². The number of carbonyl (C=O) groups excluding carboxylic acids is 1. The Labute approximate surface area is 173 Å². The lowest BCUT2D eigenvalue weighted by Crippen LogP contribution is -2.17. The second-order valence-electron chi connectivity index (χ2n) is 5.97. The van der Waals surface area contributed by atoms with Gasteiger partial charge in [0, 0.05) is 4.88 Å². The molecule has 1 amide bonds. The summed E-state index contributed by atoms with van der Waals surface area (Å²) in [5.74, 6) is 0.493. The van der Waals surface area contributed by atoms with Gasteiger partial charge in [0.2, 0.25) is 5.91 Å². The summed E-state index contributed by atoms with van der Waals surface area (Å²) in [6.07, 6.45) is 0.192. The highest BCUT2D eigenvalue weighted by Crippen LogP contribution is 2.30. The standard InChI is InChI=1S/C20H20N2O5S2/c1-26-18-8-4-3-7-16(18)22-29(24,25)15-9-10-19(27-2)17(13-15)21-20(23)12-14-6-5-11-28-14/h3-11,13,22H,12H2,1-2H3,(H,21,23). The molecule has 1 aromatic heterocycles. The van der Waals surface area contributed by atoms with Gasteiger partial charge in [0.25, 0.3) is 10.0 Å². The number of hydrogen-bond donors (Lipinski definition) is 2. The SMILES string of the molecule is COc1ccc(S(=O)(=O)Nc2ccccc2OC)cc1NC(=O)Cc1cccs1. The first-order valence-electron chi connectivity index (χ1n) is 8.59. The van der Waals surface area contributed by atoms with Gasteiger partial charge >= 0.3 is 0 Å². The molecule has 3 rings (SSSR count). The highest BCUT2D eigenvalue weighted by Gasteiger charge is 2.19. The third-order valence-electron chi connectivity index (χ3n) is 4.02. The fourth-order valence-electron chi connectivity index (χ4n) is 2.65. The molecular weight excluding hydrogens is 412 g/mol. The molecule has 0 fully saturated rings. The monoisotopic (exact) mass is 432 g/mol. The van der Waals surface area contributed by atoms with Gasteiger partial charge in [0.15, 0.2) is 0 Å². The van der Waals surface area contributed by atoms with Crippen LogP contribution in [0.1, 0.15) is 4.88 Å². The van der Waals surface area contributed by atoms with Crippen LogP contribution in [0.2, 0.25) is 0 Å². The van der Waals surface area contributed by atoms with Crippen LogP contribution < -0.4 is 19.5 Å². The Morgan fingerprint density at radius 1 is 0.966 bits per heavy atom. The van der Waals surface area contributed by atoms with Gasteiger partial charge in [-0.15, -0.1) is 11.3 Å². The lowest BCUT2D eigenvalue weighted by atomic mass is 10.2. The predicted octanol–water partition coefficient (Wildman–Crippen LogP) is 3.75. The zero-order valence-electron chi connectivity index (χ0n) is 15.8. The Balaban J connectivity index is 1.85. The molecule has 0 saturated carbocycles. The fourth-order valence-corrected chi connectivity index (χ4v) is 4.45. The molecule has 0 spiro atoms. The maximum atomic E-state index is 12.8. The second-order valence-corrected chi connectivity index (χ2v) is 8.69. The number of sulfonamides is 1. The van der Waals surface area contributed by atoms with Crippen LogP contribution in [-0.4, -0.2) is 28.5 Å². The first kappa shape index (κ1) is 20.7. The van der Waals surface area contributed by atoms with E-state index in [1.807, 2.05) is 17.5 Å². The molecule has 3 aromatic rings. The van der Waals surface area contributed by atoms with Crippen molar-refractivity contribution in [3.05, 3.63) is 64.9 Å². The van der Waals surface area contributed by atoms with E-state index in [2.05, 4.69) is 10.0 Å². The van der Waals surface area contributed by atoms with Crippen molar-refractivity contribution < 1.29 is 22.7 Å². The van der Waals surface area contributed by atoms with Crippen LogP contribution in [0.5, 0.6) is 11.5 Å². The Morgan fingerprint density at radius 3 is 2.38 bits per heavy atom. The smallest absolute Gasteiger partial charge is 0.262 e. The molecule has 9 heteroatoms. The van der Waals surface area contributed by atoms with Crippen LogP contribution in [0.3, 0.4) is 0 Å². The Hall–Kier alpha value is -3.04. The fraction of sp³-hybridized carbons (Fsp3) is 0.150. The van der Waals surface area contributed by atoms with Crippen LogP contribution in [0.25, 0.3) is 0 Å². The number of anilines is 2. The number of benzene rings is 2. The molecule has 1 heterocycles. The molecule has 0 aliphatic heterocycles. The first-order valence-corrected chi connectivity index (χ1v) is 11.0. The number of hydrogen-bond acceptors (Lipinski definition) is 6. The summed E-state index contributed by atoms with van der Waals surface area (Å²) >= 11 is 1.47. The minimum atomic E-state index is -3.91. The maximum absolute atomic E-state index is 12.8. The van der Waals surface area contributed by atoms with Crippen molar-refractivity contribution in [3.8, 4) is 11.5 Å². The first-order chi connectivity index (χ1) is 13.9. The summed E-state index contributed by atoms with van der Waals surface area (Å²) < 4.78 is 38.6. The summed E-state index contributed by atoms with van der Waals surface area (Å²) in [4.78, 5) is 13.2. The van der Waals surface area contributed by atoms with Crippen molar-refractivity contribution in [2.75, 3.05) is 24.3 Å². The summed E-state index contributed by atoms with van der Waals surface area (Å²) in [6, 6.07) is 14.7. The molecule has 0 radical (unpaired) electrons. The summed E-state index contributed by atoms with van der Waals surface area (Å²) in [7, 11) is -1.00. The van der Waals surface area contributed by atoms with Gasteiger partial charge in [-0.25, -0.2) is 8.42 Å². The van der Waals surface area contributed by atoms with Crippen LogP contribution in [-0.2, 0) is 21.2 Å². The maximum Gasteiger partial charge on any atom is 0.262 e. The number of nitrogens with one attached hydrogen (secondary N) is 2. The van der Waals surface area contributed by atoms with E-state index in [-0.39, 0.29) is 22.9 Å². The Kier molecular flexibility index (Phi) is 6.40. The third-order valence-corrected chi connectivity index (χ3v) is 6.26. The summed E-state index contributed by atoms with van der Waals surface area (Å²) in [6.45, 7) is 0. The molecule has 7 nitrogen and oxygen atoms in total. The van der Waals surface area contributed by atoms with Gasteiger partial charge in [0.05, 0.1) is 36.9 Å². The lowest BCUT2D eigenvalue weighted by molar-refractivity contribution is -0.115. The Morgan fingerprint density at radius 2 is 1.69 bits per heavy atom. The average molecular weight is 433 g/mol. The molecule has 152 valence electrons. The quantitative estimate of drug-likeness (QED) is 0.565. The normalized spacial score (nSPS) is 11.0. The molecule has 0 atom stereocenters. The minimum Gasteiger partial charge on any atom is -0.495 e. The molecule has 0 aliphatic rings. The zero-order valence-corrected chi connectivity index (χ0v) is 17.5. The molecule has 0 unspecified atom stereocenters. The molecule has 2 N–H and O–H groups in total. The van der Waals surface area contributed by atoms with Crippen LogP contribution >= 0.6 is 11.3 Å². The van der Waals surface area contributed by atoms with E-state index in [1.165, 1.54) is 43.8 Å². The van der Waals surface area contributed by atoms with Crippen molar-refractivity contribution in [2.24, 2.45) is 0 Å². The number of ether oxygens (including phenoxy) is 2. The number of methoxy groups -OCH3 is 2.